The van der Waals surface area contributed by atoms with Crippen molar-refractivity contribution in [2.45, 2.75) is 50.5 Å². The molecule has 2 amide bonds. The van der Waals surface area contributed by atoms with Gasteiger partial charge in [0.05, 0.1) is 5.60 Å². The second-order valence-corrected chi connectivity index (χ2v) is 9.66. The van der Waals surface area contributed by atoms with E-state index >= 15 is 4.39 Å². The summed E-state index contributed by atoms with van der Waals surface area (Å²) in [6.07, 6.45) is 5.81. The SMILES string of the molecule is COCCCC[C@@](O)(c1cccc(F)c1-c1ccccc1)[C@@H]1CCCN(C(=O)N2CCCC2)C1. The van der Waals surface area contributed by atoms with Crippen LogP contribution >= 0.6 is 0 Å². The maximum absolute atomic E-state index is 15.3. The van der Waals surface area contributed by atoms with Crippen molar-refractivity contribution in [1.29, 1.82) is 0 Å². The van der Waals surface area contributed by atoms with Crippen LogP contribution in [-0.2, 0) is 10.3 Å². The molecule has 5 nitrogen and oxygen atoms in total. The summed E-state index contributed by atoms with van der Waals surface area (Å²) in [7, 11) is 1.68. The molecular formula is C28H37FN2O3. The van der Waals surface area contributed by atoms with Crippen molar-refractivity contribution in [3.05, 3.63) is 59.9 Å². The summed E-state index contributed by atoms with van der Waals surface area (Å²) in [6.45, 7) is 3.43. The average molecular weight is 469 g/mol. The number of nitrogens with zero attached hydrogens (tertiary/aromatic N) is 2. The van der Waals surface area contributed by atoms with E-state index in [0.29, 0.717) is 37.2 Å². The van der Waals surface area contributed by atoms with E-state index in [1.54, 1.807) is 13.2 Å². The third kappa shape index (κ3) is 5.28. The molecule has 0 radical (unpaired) electrons. The van der Waals surface area contributed by atoms with Crippen molar-refractivity contribution in [3.8, 4) is 11.1 Å². The van der Waals surface area contributed by atoms with E-state index in [1.165, 1.54) is 6.07 Å². The first kappa shape index (κ1) is 24.7. The Morgan fingerprint density at radius 1 is 1.03 bits per heavy atom. The number of likely N-dealkylation sites (tertiary alicyclic amines) is 2. The lowest BCUT2D eigenvalue weighted by Gasteiger charge is -2.44. The third-order valence-electron chi connectivity index (χ3n) is 7.44. The highest BCUT2D eigenvalue weighted by Gasteiger charge is 2.43. The minimum absolute atomic E-state index is 0.0754. The molecule has 2 aliphatic heterocycles. The number of hydrogen-bond acceptors (Lipinski definition) is 3. The molecule has 2 heterocycles. The van der Waals surface area contributed by atoms with Gasteiger partial charge in [0.15, 0.2) is 0 Å². The summed E-state index contributed by atoms with van der Waals surface area (Å²) in [5.41, 5.74) is 0.592. The number of aliphatic hydroxyl groups is 1. The number of carbonyl (C=O) groups excluding carboxylic acids is 1. The number of unbranched alkanes of at least 4 members (excludes halogenated alkanes) is 1. The van der Waals surface area contributed by atoms with Gasteiger partial charge >= 0.3 is 6.03 Å². The fourth-order valence-electron chi connectivity index (χ4n) is 5.63. The zero-order chi connectivity index (χ0) is 24.0. The van der Waals surface area contributed by atoms with Crippen LogP contribution in [0, 0.1) is 11.7 Å². The number of ether oxygens (including phenoxy) is 1. The van der Waals surface area contributed by atoms with Crippen molar-refractivity contribution >= 4 is 6.03 Å². The Morgan fingerprint density at radius 2 is 1.76 bits per heavy atom. The van der Waals surface area contributed by atoms with Gasteiger partial charge in [-0.25, -0.2) is 9.18 Å². The van der Waals surface area contributed by atoms with Crippen LogP contribution in [0.5, 0.6) is 0 Å². The lowest BCUT2D eigenvalue weighted by molar-refractivity contribution is -0.0572. The lowest BCUT2D eigenvalue weighted by Crippen LogP contribution is -2.51. The predicted molar refractivity (Wildman–Crippen MR) is 132 cm³/mol. The molecule has 184 valence electrons. The summed E-state index contributed by atoms with van der Waals surface area (Å²) in [6, 6.07) is 14.5. The number of amides is 2. The Bertz CT molecular complexity index is 948. The van der Waals surface area contributed by atoms with Gasteiger partial charge in [-0.05, 0) is 62.1 Å². The third-order valence-corrected chi connectivity index (χ3v) is 7.44. The fourth-order valence-corrected chi connectivity index (χ4v) is 5.63. The number of piperidine rings is 1. The topological polar surface area (TPSA) is 53.0 Å². The number of urea groups is 1. The first-order chi connectivity index (χ1) is 16.5. The molecule has 0 bridgehead atoms. The van der Waals surface area contributed by atoms with Crippen LogP contribution in [0.3, 0.4) is 0 Å². The highest BCUT2D eigenvalue weighted by Crippen LogP contribution is 2.44. The monoisotopic (exact) mass is 468 g/mol. The van der Waals surface area contributed by atoms with Gasteiger partial charge in [-0.3, -0.25) is 0 Å². The normalized spacial score (nSPS) is 20.4. The van der Waals surface area contributed by atoms with Crippen LogP contribution in [0.15, 0.2) is 48.5 Å². The van der Waals surface area contributed by atoms with Crippen LogP contribution in [0.1, 0.15) is 50.5 Å². The van der Waals surface area contributed by atoms with E-state index in [4.69, 9.17) is 4.74 Å². The number of hydrogen-bond donors (Lipinski definition) is 1. The molecular weight excluding hydrogens is 431 g/mol. The summed E-state index contributed by atoms with van der Waals surface area (Å²) >= 11 is 0. The van der Waals surface area contributed by atoms with Crippen molar-refractivity contribution in [3.63, 3.8) is 0 Å². The maximum atomic E-state index is 15.3. The van der Waals surface area contributed by atoms with Gasteiger partial charge in [0.1, 0.15) is 5.82 Å². The first-order valence-corrected chi connectivity index (χ1v) is 12.6. The molecule has 2 fully saturated rings. The number of methoxy groups -OCH3 is 1. The minimum Gasteiger partial charge on any atom is -0.385 e. The summed E-state index contributed by atoms with van der Waals surface area (Å²) in [5, 5.41) is 12.4. The Balaban J connectivity index is 1.68. The molecule has 34 heavy (non-hydrogen) atoms. The van der Waals surface area contributed by atoms with Crippen molar-refractivity contribution in [2.75, 3.05) is 39.9 Å². The molecule has 1 N–H and O–H groups in total. The predicted octanol–water partition coefficient (Wildman–Crippen LogP) is 5.42. The molecule has 2 saturated heterocycles. The zero-order valence-corrected chi connectivity index (χ0v) is 20.2. The molecule has 2 aromatic rings. The molecule has 4 rings (SSSR count). The second-order valence-electron chi connectivity index (χ2n) is 9.66. The van der Waals surface area contributed by atoms with E-state index in [9.17, 15) is 9.90 Å². The molecule has 6 heteroatoms. The van der Waals surface area contributed by atoms with Gasteiger partial charge in [0, 0.05) is 51.4 Å². The standard InChI is InChI=1S/C28H37FN2O3/c1-34-20-8-5-16-28(33,23-13-10-19-31(21-23)27(32)30-17-6-7-18-30)24-14-9-15-25(29)26(24)22-11-3-2-4-12-22/h2-4,9,11-12,14-15,23,33H,5-8,10,13,16-21H2,1H3/t23-,28+/m1/s1. The number of benzene rings is 2. The Kier molecular flexibility index (Phi) is 8.22. The van der Waals surface area contributed by atoms with E-state index < -0.39 is 5.60 Å². The smallest absolute Gasteiger partial charge is 0.320 e. The fraction of sp³-hybridized carbons (Fsp3) is 0.536. The van der Waals surface area contributed by atoms with Crippen molar-refractivity contribution in [1.82, 2.24) is 9.80 Å². The number of rotatable bonds is 8. The van der Waals surface area contributed by atoms with E-state index in [-0.39, 0.29) is 17.8 Å². The van der Waals surface area contributed by atoms with E-state index in [0.717, 1.165) is 57.2 Å². The Hall–Kier alpha value is -2.44. The minimum atomic E-state index is -1.25. The molecule has 2 aliphatic rings. The van der Waals surface area contributed by atoms with E-state index in [1.807, 2.05) is 46.2 Å². The summed E-state index contributed by atoms with van der Waals surface area (Å²) in [4.78, 5) is 17.0. The van der Waals surface area contributed by atoms with Gasteiger partial charge in [0.25, 0.3) is 0 Å². The van der Waals surface area contributed by atoms with Gasteiger partial charge in [0.2, 0.25) is 0 Å². The Labute approximate surface area is 202 Å². The highest BCUT2D eigenvalue weighted by atomic mass is 19.1. The average Bonchev–Trinajstić information content (AvgIpc) is 3.41. The van der Waals surface area contributed by atoms with Gasteiger partial charge < -0.3 is 19.6 Å². The molecule has 0 saturated carbocycles. The van der Waals surface area contributed by atoms with Gasteiger partial charge in [-0.15, -0.1) is 0 Å². The summed E-state index contributed by atoms with van der Waals surface area (Å²) < 4.78 is 20.5. The van der Waals surface area contributed by atoms with E-state index in [2.05, 4.69) is 0 Å². The largest absolute Gasteiger partial charge is 0.385 e. The Morgan fingerprint density at radius 3 is 2.50 bits per heavy atom. The molecule has 0 unspecified atom stereocenters. The molecule has 0 aliphatic carbocycles. The summed E-state index contributed by atoms with van der Waals surface area (Å²) in [5.74, 6) is -0.501. The lowest BCUT2D eigenvalue weighted by atomic mass is 9.72. The van der Waals surface area contributed by atoms with Crippen LogP contribution in [0.25, 0.3) is 11.1 Å². The van der Waals surface area contributed by atoms with Crippen LogP contribution < -0.4 is 0 Å². The van der Waals surface area contributed by atoms with Crippen LogP contribution in [0.2, 0.25) is 0 Å². The molecule has 0 aromatic heterocycles. The number of halogens is 1. The van der Waals surface area contributed by atoms with Gasteiger partial charge in [-0.2, -0.15) is 0 Å². The van der Waals surface area contributed by atoms with Crippen LogP contribution in [-0.4, -0.2) is 60.8 Å². The van der Waals surface area contributed by atoms with Crippen LogP contribution in [0.4, 0.5) is 9.18 Å². The van der Waals surface area contributed by atoms with Gasteiger partial charge in [-0.1, -0.05) is 42.5 Å². The van der Waals surface area contributed by atoms with Crippen molar-refractivity contribution in [2.24, 2.45) is 5.92 Å². The first-order valence-electron chi connectivity index (χ1n) is 12.6. The molecule has 2 aromatic carbocycles. The highest BCUT2D eigenvalue weighted by molar-refractivity contribution is 5.75. The molecule has 2 atom stereocenters. The molecule has 0 spiro atoms. The quantitative estimate of drug-likeness (QED) is 0.526. The maximum Gasteiger partial charge on any atom is 0.320 e. The number of carbonyl (C=O) groups is 1. The zero-order valence-electron chi connectivity index (χ0n) is 20.2. The van der Waals surface area contributed by atoms with Crippen molar-refractivity contribution < 1.29 is 19.0 Å². The second kappa shape index (κ2) is 11.3.